The zero-order valence-electron chi connectivity index (χ0n) is 80.1. The second-order valence-electron chi connectivity index (χ2n) is 39.5. The van der Waals surface area contributed by atoms with Gasteiger partial charge in [0.1, 0.15) is 44.7 Å². The molecule has 690 valence electrons. The molecule has 0 radical (unpaired) electrons. The van der Waals surface area contributed by atoms with Crippen molar-refractivity contribution in [1.29, 1.82) is 0 Å². The molecule has 0 atom stereocenters. The molecule has 8 heterocycles. The molecule has 10 nitrogen and oxygen atoms in total. The van der Waals surface area contributed by atoms with Gasteiger partial charge in [-0.25, -0.2) is 0 Å². The number of benzene rings is 24. The van der Waals surface area contributed by atoms with Gasteiger partial charge in [-0.05, 0) is 166 Å². The Hall–Kier alpha value is -19.7. The molecule has 10 heteroatoms. The van der Waals surface area contributed by atoms with Gasteiger partial charge in [0.25, 0.3) is 0 Å². The number of nitrogens with zero attached hydrogens (tertiary/aromatic N) is 4. The molecule has 0 aliphatic heterocycles. The molecular weight excluding hydrogens is 1810 g/mol. The topological polar surface area (TPSA) is 95.2 Å². The van der Waals surface area contributed by atoms with Crippen molar-refractivity contribution in [2.24, 2.45) is 0 Å². The van der Waals surface area contributed by atoms with Gasteiger partial charge in [0, 0.05) is 152 Å². The van der Waals surface area contributed by atoms with Crippen LogP contribution in [0.5, 0.6) is 0 Å². The van der Waals surface area contributed by atoms with Crippen molar-refractivity contribution in [3.8, 4) is 67.0 Å². The predicted octanol–water partition coefficient (Wildman–Crippen LogP) is 39.8. The Bertz CT molecular complexity index is 11400. The molecule has 0 fully saturated rings. The van der Waals surface area contributed by atoms with Gasteiger partial charge in [-0.1, -0.05) is 364 Å². The first-order chi connectivity index (χ1) is 73.2. The number of anilines is 6. The van der Waals surface area contributed by atoms with Gasteiger partial charge in [-0.2, -0.15) is 0 Å². The number of para-hydroxylation sites is 10. The van der Waals surface area contributed by atoms with Crippen LogP contribution in [0, 0.1) is 13.8 Å². The quantitative estimate of drug-likeness (QED) is 0.0832. The van der Waals surface area contributed by atoms with Gasteiger partial charge in [-0.3, -0.25) is 0 Å². The number of aryl methyl sites for hydroxylation is 2. The van der Waals surface area contributed by atoms with Crippen LogP contribution >= 0.6 is 0 Å². The van der Waals surface area contributed by atoms with E-state index < -0.39 is 0 Å². The SMILES string of the molecule is Cc1cccc(N(c2cc3c4cc(N(c5cccc(C)c5)c5cccc6c5oc5c(-c7cccc(-c8cccc(-c9cccc%10c9oc9c(-n%11c%12ccccc%12c%12cccc%13c%14oc%15c(cc%16c%17c(cccc%15%17)c%15ccccc%15n%16-c%15cccc%16c%15oc%15c(-c%17ccccc%17)cccc%15%16)c%14cc%11c%12%13)cccc9%10)c8)c7)cccc56)c5ccccc5c4oc3c3ccccc23)c2cccc3c2oc2c(-c4ccccc4)cccc23)c1. The summed E-state index contributed by atoms with van der Waals surface area (Å²) in [6.45, 7) is 4.33. The van der Waals surface area contributed by atoms with Gasteiger partial charge in [0.05, 0.1) is 56.2 Å². The van der Waals surface area contributed by atoms with Crippen molar-refractivity contribution in [2.45, 2.75) is 13.8 Å². The molecule has 32 rings (SSSR count). The number of fused-ring (bicyclic) bond motifs is 28. The van der Waals surface area contributed by atoms with Crippen LogP contribution in [0.15, 0.2) is 488 Å². The molecule has 0 unspecified atom stereocenters. The summed E-state index contributed by atoms with van der Waals surface area (Å²) < 4.78 is 49.7. The lowest BCUT2D eigenvalue weighted by atomic mass is 9.95. The predicted molar refractivity (Wildman–Crippen MR) is 615 cm³/mol. The molecule has 0 aliphatic carbocycles. The summed E-state index contributed by atoms with van der Waals surface area (Å²) in [5, 5.41) is 25.1. The minimum absolute atomic E-state index is 0.763. The number of pyridine rings is 2. The average Bonchev–Trinajstić information content (AvgIpc) is 1.43. The highest BCUT2D eigenvalue weighted by Gasteiger charge is 2.33. The van der Waals surface area contributed by atoms with Crippen LogP contribution in [0.25, 0.3) is 285 Å². The first kappa shape index (κ1) is 81.9. The fourth-order valence-corrected chi connectivity index (χ4v) is 24.9. The number of hydrogen-bond acceptors (Lipinski definition) is 8. The minimum Gasteiger partial charge on any atom is -0.455 e. The molecule has 0 aliphatic rings. The molecule has 0 amide bonds. The van der Waals surface area contributed by atoms with Gasteiger partial charge >= 0.3 is 0 Å². The molecule has 0 bridgehead atoms. The van der Waals surface area contributed by atoms with E-state index in [-0.39, 0.29) is 0 Å². The molecule has 8 aromatic heterocycles. The third-order valence-corrected chi connectivity index (χ3v) is 31.3. The monoisotopic (exact) mass is 1890 g/mol. The zero-order chi connectivity index (χ0) is 96.9. The smallest absolute Gasteiger partial charge is 0.159 e. The lowest BCUT2D eigenvalue weighted by Gasteiger charge is -2.28. The Balaban J connectivity index is 0.521. The van der Waals surface area contributed by atoms with Gasteiger partial charge in [0.15, 0.2) is 22.3 Å². The lowest BCUT2D eigenvalue weighted by Crippen LogP contribution is -2.11. The van der Waals surface area contributed by atoms with E-state index in [1.807, 2.05) is 0 Å². The molecule has 0 saturated carbocycles. The minimum atomic E-state index is 0.763. The number of furan rings is 6. The van der Waals surface area contributed by atoms with E-state index in [1.165, 1.54) is 0 Å². The van der Waals surface area contributed by atoms with Crippen molar-refractivity contribution in [3.05, 3.63) is 472 Å². The van der Waals surface area contributed by atoms with Crippen molar-refractivity contribution >= 4 is 252 Å². The van der Waals surface area contributed by atoms with E-state index in [1.54, 1.807) is 0 Å². The first-order valence-corrected chi connectivity index (χ1v) is 50.5. The summed E-state index contributed by atoms with van der Waals surface area (Å²) >= 11 is 0. The largest absolute Gasteiger partial charge is 0.455 e. The molecule has 0 N–H and O–H groups in total. The molecule has 32 aromatic rings. The van der Waals surface area contributed by atoms with Crippen LogP contribution in [-0.4, -0.2) is 9.13 Å². The van der Waals surface area contributed by atoms with Crippen molar-refractivity contribution in [3.63, 3.8) is 0 Å². The van der Waals surface area contributed by atoms with Gasteiger partial charge < -0.3 is 45.4 Å². The second kappa shape index (κ2) is 31.4. The highest BCUT2D eigenvalue weighted by atomic mass is 16.4. The van der Waals surface area contributed by atoms with Crippen LogP contribution < -0.4 is 9.80 Å². The van der Waals surface area contributed by atoms with E-state index in [0.29, 0.717) is 0 Å². The normalized spacial score (nSPS) is 12.3. The summed E-state index contributed by atoms with van der Waals surface area (Å²) in [5.41, 5.74) is 34.3. The van der Waals surface area contributed by atoms with E-state index in [2.05, 4.69) is 494 Å². The van der Waals surface area contributed by atoms with Crippen LogP contribution in [0.1, 0.15) is 11.1 Å². The Morgan fingerprint density at radius 3 is 0.838 bits per heavy atom. The Kier molecular flexibility index (Phi) is 17.4. The fourth-order valence-electron chi connectivity index (χ4n) is 24.9. The summed E-state index contributed by atoms with van der Waals surface area (Å²) in [7, 11) is 0. The highest BCUT2D eigenvalue weighted by molar-refractivity contribution is 6.35. The summed E-state index contributed by atoms with van der Waals surface area (Å²) in [5.74, 6) is 0. The zero-order valence-corrected chi connectivity index (χ0v) is 80.1. The number of aromatic nitrogens is 2. The standard InChI is InChI=1S/C138H82N4O6/c1-79-31-17-41-87(71-79)139(117-67-27-59-105-101-55-21-49-89(127(101)145-135(105)117)81-33-5-3-6-34-81)121-75-111-112-76-122(96-46-10-12-48-100(96)132(112)143-131(111)99-47-11-9-45-95(99)121)140(88-42-18-32-80(2)72-88)118-68-28-60-106-103-57-23-51-91(129(103)147-136(106)118)85-39-19-37-83(73-85)84-38-20-40-86(74-84)92-52-24-58-104-108-62-30-70-120(138(108)148-130(92)104)142-116-66-16-14-44-94(116)98-54-26-64-110-126(98)124(142)78-114-113-77-123-125-97(53-25-63-109(125)133(113)144-134(110)114)93-43-13-15-65-115(93)141(123)119-69-29-61-107-102-56-22-50-90(128(102)146-137(107)119)82-35-7-4-8-36-82/h3-78H,1-2H3. The fraction of sp³-hybridized carbons (Fsp3) is 0.0145. The Morgan fingerprint density at radius 1 is 0.155 bits per heavy atom. The van der Waals surface area contributed by atoms with Gasteiger partial charge in [0.2, 0.25) is 0 Å². The summed E-state index contributed by atoms with van der Waals surface area (Å²) in [4.78, 5) is 4.80. The maximum atomic E-state index is 7.64. The molecule has 148 heavy (non-hydrogen) atoms. The van der Waals surface area contributed by atoms with E-state index >= 15 is 0 Å². The summed E-state index contributed by atoms with van der Waals surface area (Å²) in [6, 6.07) is 167. The average molecular weight is 1890 g/mol. The molecule has 24 aromatic carbocycles. The molecule has 0 saturated heterocycles. The van der Waals surface area contributed by atoms with Crippen LogP contribution in [0.4, 0.5) is 34.1 Å². The van der Waals surface area contributed by atoms with Crippen LogP contribution in [0.2, 0.25) is 0 Å². The van der Waals surface area contributed by atoms with Crippen molar-refractivity contribution in [1.82, 2.24) is 9.13 Å². The first-order valence-electron chi connectivity index (χ1n) is 50.5. The Morgan fingerprint density at radius 2 is 0.426 bits per heavy atom. The van der Waals surface area contributed by atoms with E-state index in [0.717, 1.165) is 331 Å². The van der Waals surface area contributed by atoms with E-state index in [9.17, 15) is 0 Å². The number of rotatable bonds is 13. The third-order valence-electron chi connectivity index (χ3n) is 31.3. The summed E-state index contributed by atoms with van der Waals surface area (Å²) in [6.07, 6.45) is 0. The maximum Gasteiger partial charge on any atom is 0.159 e. The van der Waals surface area contributed by atoms with Crippen LogP contribution in [0.3, 0.4) is 0 Å². The molecule has 0 spiro atoms. The van der Waals surface area contributed by atoms with E-state index in [4.69, 9.17) is 26.5 Å². The lowest BCUT2D eigenvalue weighted by molar-refractivity contribution is 0.667. The Labute approximate surface area is 845 Å². The third kappa shape index (κ3) is 11.9. The highest BCUT2D eigenvalue weighted by Crippen LogP contribution is 2.56. The maximum absolute atomic E-state index is 7.64. The van der Waals surface area contributed by atoms with Gasteiger partial charge in [-0.15, -0.1) is 0 Å². The van der Waals surface area contributed by atoms with Crippen molar-refractivity contribution in [2.75, 3.05) is 9.80 Å². The molecular formula is C138H82N4O6. The van der Waals surface area contributed by atoms with Crippen molar-refractivity contribution < 1.29 is 26.5 Å². The second-order valence-corrected chi connectivity index (χ2v) is 39.5. The van der Waals surface area contributed by atoms with Crippen LogP contribution in [-0.2, 0) is 0 Å². The number of hydrogen-bond donors (Lipinski definition) is 0.